The van der Waals surface area contributed by atoms with Gasteiger partial charge >= 0.3 is 0 Å². The Hall–Kier alpha value is -2.38. The molecular formula is C23H28N4O2S. The van der Waals surface area contributed by atoms with Gasteiger partial charge in [-0.25, -0.2) is 15.0 Å². The monoisotopic (exact) mass is 424 g/mol. The van der Waals surface area contributed by atoms with E-state index in [1.807, 2.05) is 12.1 Å². The van der Waals surface area contributed by atoms with E-state index in [-0.39, 0.29) is 5.91 Å². The van der Waals surface area contributed by atoms with Gasteiger partial charge in [0.15, 0.2) is 0 Å². The van der Waals surface area contributed by atoms with Crippen molar-refractivity contribution in [2.45, 2.75) is 64.9 Å². The molecule has 6 nitrogen and oxygen atoms in total. The van der Waals surface area contributed by atoms with Gasteiger partial charge in [0.1, 0.15) is 11.5 Å². The van der Waals surface area contributed by atoms with Crippen LogP contribution in [0.25, 0.3) is 10.2 Å². The summed E-state index contributed by atoms with van der Waals surface area (Å²) in [6, 6.07) is 5.42. The summed E-state index contributed by atoms with van der Waals surface area (Å²) in [6.07, 6.45) is 6.41. The number of carbonyl (C=O) groups excluding carboxylic acids is 1. The minimum Gasteiger partial charge on any atom is -0.386 e. The highest BCUT2D eigenvalue weighted by Gasteiger charge is 2.26. The first kappa shape index (κ1) is 20.9. The fourth-order valence-corrected chi connectivity index (χ4v) is 5.21. The first-order valence-electron chi connectivity index (χ1n) is 10.5. The molecule has 3 aromatic rings. The number of aliphatic hydroxyl groups is 1. The molecule has 1 aliphatic carbocycles. The Morgan fingerprint density at radius 1 is 1.20 bits per heavy atom. The number of rotatable bonds is 4. The third-order valence-electron chi connectivity index (χ3n) is 5.83. The summed E-state index contributed by atoms with van der Waals surface area (Å²) in [4.78, 5) is 25.9. The van der Waals surface area contributed by atoms with E-state index >= 15 is 0 Å². The first-order valence-corrected chi connectivity index (χ1v) is 11.3. The second kappa shape index (κ2) is 8.04. The number of benzene rings is 1. The van der Waals surface area contributed by atoms with Gasteiger partial charge in [-0.15, -0.1) is 11.3 Å². The number of nitrogens with zero attached hydrogens (tertiary/aromatic N) is 3. The van der Waals surface area contributed by atoms with Crippen LogP contribution in [0.2, 0.25) is 0 Å². The summed E-state index contributed by atoms with van der Waals surface area (Å²) < 4.78 is 1.02. The SMILES string of the molecule is Cc1nccc(C(=O)Nc2cc3sc(C4CCC(C)CC4)nc3cc2C(C)(C)O)n1. The lowest BCUT2D eigenvalue weighted by atomic mass is 9.83. The molecule has 2 aromatic heterocycles. The second-order valence-electron chi connectivity index (χ2n) is 8.88. The van der Waals surface area contributed by atoms with Gasteiger partial charge < -0.3 is 10.4 Å². The van der Waals surface area contributed by atoms with Crippen LogP contribution in [0.4, 0.5) is 5.69 Å². The number of nitrogens with one attached hydrogen (secondary N) is 1. The van der Waals surface area contributed by atoms with E-state index in [1.165, 1.54) is 25.7 Å². The minimum atomic E-state index is -1.12. The lowest BCUT2D eigenvalue weighted by Crippen LogP contribution is -2.21. The maximum atomic E-state index is 12.8. The highest BCUT2D eigenvalue weighted by Crippen LogP contribution is 2.41. The predicted octanol–water partition coefficient (Wildman–Crippen LogP) is 5.17. The Labute approximate surface area is 180 Å². The smallest absolute Gasteiger partial charge is 0.274 e. The van der Waals surface area contributed by atoms with Crippen LogP contribution in [-0.2, 0) is 5.60 Å². The number of hydrogen-bond acceptors (Lipinski definition) is 6. The third-order valence-corrected chi connectivity index (χ3v) is 7.01. The van der Waals surface area contributed by atoms with Gasteiger partial charge in [-0.3, -0.25) is 4.79 Å². The number of fused-ring (bicyclic) bond motifs is 1. The maximum absolute atomic E-state index is 12.8. The normalized spacial score (nSPS) is 19.8. The molecule has 0 radical (unpaired) electrons. The molecule has 2 N–H and O–H groups in total. The summed E-state index contributed by atoms with van der Waals surface area (Å²) in [5.41, 5.74) is 1.28. The molecule has 1 amide bonds. The van der Waals surface area contributed by atoms with Crippen LogP contribution < -0.4 is 5.32 Å². The molecule has 0 aliphatic heterocycles. The van der Waals surface area contributed by atoms with E-state index in [2.05, 4.69) is 22.2 Å². The Bertz CT molecular complexity index is 1080. The number of aromatic nitrogens is 3. The standard InChI is InChI=1S/C23H28N4O2S/c1-13-5-7-15(8-6-13)22-27-19-11-16(23(3,4)29)18(12-20(19)30-22)26-21(28)17-9-10-24-14(2)25-17/h9-13,15,29H,5-8H2,1-4H3,(H,26,28). The molecule has 1 fully saturated rings. The molecule has 30 heavy (non-hydrogen) atoms. The van der Waals surface area contributed by atoms with E-state index in [0.717, 1.165) is 21.1 Å². The van der Waals surface area contributed by atoms with Gasteiger partial charge in [0.2, 0.25) is 0 Å². The fourth-order valence-electron chi connectivity index (χ4n) is 4.05. The topological polar surface area (TPSA) is 88.0 Å². The third kappa shape index (κ3) is 4.37. The van der Waals surface area contributed by atoms with Crippen molar-refractivity contribution in [1.29, 1.82) is 0 Å². The summed E-state index contributed by atoms with van der Waals surface area (Å²) >= 11 is 1.69. The van der Waals surface area contributed by atoms with Crippen molar-refractivity contribution in [1.82, 2.24) is 15.0 Å². The minimum absolute atomic E-state index is 0.297. The Balaban J connectivity index is 1.69. The summed E-state index contributed by atoms with van der Waals surface area (Å²) in [5.74, 6) is 1.52. The lowest BCUT2D eigenvalue weighted by Gasteiger charge is -2.24. The zero-order valence-corrected chi connectivity index (χ0v) is 18.7. The molecule has 2 heterocycles. The van der Waals surface area contributed by atoms with Gasteiger partial charge in [0, 0.05) is 23.4 Å². The molecular weight excluding hydrogens is 396 g/mol. The molecule has 1 aromatic carbocycles. The highest BCUT2D eigenvalue weighted by atomic mass is 32.1. The molecule has 158 valence electrons. The van der Waals surface area contributed by atoms with Crippen LogP contribution in [0.1, 0.15) is 79.3 Å². The molecule has 0 saturated heterocycles. The summed E-state index contributed by atoms with van der Waals surface area (Å²) in [7, 11) is 0. The largest absolute Gasteiger partial charge is 0.386 e. The average molecular weight is 425 g/mol. The van der Waals surface area contributed by atoms with Crippen molar-refractivity contribution in [3.05, 3.63) is 46.5 Å². The van der Waals surface area contributed by atoms with Crippen molar-refractivity contribution < 1.29 is 9.90 Å². The summed E-state index contributed by atoms with van der Waals surface area (Å²) in [6.45, 7) is 7.50. The molecule has 0 bridgehead atoms. The highest BCUT2D eigenvalue weighted by molar-refractivity contribution is 7.18. The second-order valence-corrected chi connectivity index (χ2v) is 9.94. The molecule has 0 unspecified atom stereocenters. The van der Waals surface area contributed by atoms with Crippen LogP contribution in [0.3, 0.4) is 0 Å². The number of amides is 1. The van der Waals surface area contributed by atoms with E-state index in [0.29, 0.717) is 28.7 Å². The Morgan fingerprint density at radius 3 is 2.60 bits per heavy atom. The first-order chi connectivity index (χ1) is 14.2. The van der Waals surface area contributed by atoms with Crippen molar-refractivity contribution >= 4 is 33.1 Å². The number of anilines is 1. The number of carbonyl (C=O) groups is 1. The van der Waals surface area contributed by atoms with E-state index in [4.69, 9.17) is 4.98 Å². The van der Waals surface area contributed by atoms with Crippen molar-refractivity contribution in [2.24, 2.45) is 5.92 Å². The lowest BCUT2D eigenvalue weighted by molar-refractivity contribution is 0.0794. The Morgan fingerprint density at radius 2 is 1.93 bits per heavy atom. The van der Waals surface area contributed by atoms with Gasteiger partial charge in [0.25, 0.3) is 5.91 Å². The summed E-state index contributed by atoms with van der Waals surface area (Å²) in [5, 5.41) is 14.8. The van der Waals surface area contributed by atoms with Crippen LogP contribution in [0.15, 0.2) is 24.4 Å². The van der Waals surface area contributed by atoms with Crippen molar-refractivity contribution in [3.8, 4) is 0 Å². The molecule has 1 saturated carbocycles. The van der Waals surface area contributed by atoms with Crippen LogP contribution >= 0.6 is 11.3 Å². The van der Waals surface area contributed by atoms with E-state index < -0.39 is 5.60 Å². The Kier molecular flexibility index (Phi) is 5.59. The molecule has 1 aliphatic rings. The van der Waals surface area contributed by atoms with Crippen molar-refractivity contribution in [3.63, 3.8) is 0 Å². The molecule has 0 spiro atoms. The van der Waals surface area contributed by atoms with E-state index in [1.54, 1.807) is 44.4 Å². The van der Waals surface area contributed by atoms with Gasteiger partial charge in [0.05, 0.1) is 20.8 Å². The van der Waals surface area contributed by atoms with E-state index in [9.17, 15) is 9.90 Å². The van der Waals surface area contributed by atoms with Gasteiger partial charge in [-0.05, 0) is 57.7 Å². The van der Waals surface area contributed by atoms with Crippen LogP contribution in [-0.4, -0.2) is 26.0 Å². The van der Waals surface area contributed by atoms with Crippen LogP contribution in [0.5, 0.6) is 0 Å². The molecule has 7 heteroatoms. The number of thiazole rings is 1. The fraction of sp³-hybridized carbons (Fsp3) is 0.478. The van der Waals surface area contributed by atoms with Crippen LogP contribution in [0, 0.1) is 12.8 Å². The van der Waals surface area contributed by atoms with Crippen molar-refractivity contribution in [2.75, 3.05) is 5.32 Å². The molecule has 0 atom stereocenters. The molecule has 4 rings (SSSR count). The average Bonchev–Trinajstić information content (AvgIpc) is 3.10. The zero-order valence-electron chi connectivity index (χ0n) is 17.9. The quantitative estimate of drug-likeness (QED) is 0.603. The number of hydrogen-bond donors (Lipinski definition) is 2. The predicted molar refractivity (Wildman–Crippen MR) is 120 cm³/mol. The zero-order chi connectivity index (χ0) is 21.5. The number of aryl methyl sites for hydroxylation is 1. The van der Waals surface area contributed by atoms with Gasteiger partial charge in [-0.1, -0.05) is 19.8 Å². The van der Waals surface area contributed by atoms with Gasteiger partial charge in [-0.2, -0.15) is 0 Å². The maximum Gasteiger partial charge on any atom is 0.274 e.